The zero-order valence-electron chi connectivity index (χ0n) is 14.7. The molecule has 1 unspecified atom stereocenters. The zero-order valence-corrected chi connectivity index (χ0v) is 15.4. The first-order chi connectivity index (χ1) is 11.5. The number of hydrogen-bond donors (Lipinski definition) is 1. The van der Waals surface area contributed by atoms with E-state index in [1.165, 1.54) is 0 Å². The van der Waals surface area contributed by atoms with Crippen molar-refractivity contribution in [3.8, 4) is 5.75 Å². The number of ether oxygens (including phenoxy) is 1. The van der Waals surface area contributed by atoms with Crippen molar-refractivity contribution in [3.05, 3.63) is 53.3 Å². The molecule has 0 saturated carbocycles. The molecule has 0 aliphatic carbocycles. The Bertz CT molecular complexity index is 669. The number of guanidine groups is 1. The van der Waals surface area contributed by atoms with E-state index in [1.807, 2.05) is 68.2 Å². The number of halogens is 1. The van der Waals surface area contributed by atoms with E-state index in [0.29, 0.717) is 6.54 Å². The highest BCUT2D eigenvalue weighted by Crippen LogP contribution is 2.14. The summed E-state index contributed by atoms with van der Waals surface area (Å²) in [4.78, 5) is 6.39. The molecule has 2 aromatic rings. The van der Waals surface area contributed by atoms with E-state index in [9.17, 15) is 0 Å². The Hall–Kier alpha value is -2.14. The lowest BCUT2D eigenvalue weighted by Gasteiger charge is -2.24. The Morgan fingerprint density at radius 1 is 1.38 bits per heavy atom. The van der Waals surface area contributed by atoms with Crippen LogP contribution in [0.3, 0.4) is 0 Å². The molecule has 2 rings (SSSR count). The van der Waals surface area contributed by atoms with Crippen molar-refractivity contribution in [1.29, 1.82) is 0 Å². The number of aromatic nitrogens is 1. The summed E-state index contributed by atoms with van der Waals surface area (Å²) in [7, 11) is 5.76. The molecule has 5 nitrogen and oxygen atoms in total. The minimum absolute atomic E-state index is 0.0297. The lowest BCUT2D eigenvalue weighted by Crippen LogP contribution is -2.42. The van der Waals surface area contributed by atoms with Crippen molar-refractivity contribution in [2.24, 2.45) is 12.0 Å². The molecule has 0 spiro atoms. The van der Waals surface area contributed by atoms with Gasteiger partial charge < -0.3 is 19.5 Å². The average Bonchev–Trinajstić information content (AvgIpc) is 2.86. The van der Waals surface area contributed by atoms with Crippen molar-refractivity contribution in [2.75, 3.05) is 20.6 Å². The van der Waals surface area contributed by atoms with Gasteiger partial charge in [0.2, 0.25) is 0 Å². The molecule has 6 heteroatoms. The molecular formula is C18H25ClN4O. The van der Waals surface area contributed by atoms with Crippen LogP contribution in [-0.4, -0.2) is 42.2 Å². The Balaban J connectivity index is 1.86. The smallest absolute Gasteiger partial charge is 0.193 e. The molecule has 0 radical (unpaired) electrons. The molecule has 0 aliphatic heterocycles. The summed E-state index contributed by atoms with van der Waals surface area (Å²) < 4.78 is 7.89. The first kappa shape index (κ1) is 18.2. The van der Waals surface area contributed by atoms with Gasteiger partial charge in [-0.05, 0) is 25.1 Å². The highest BCUT2D eigenvalue weighted by Gasteiger charge is 2.11. The van der Waals surface area contributed by atoms with Gasteiger partial charge in [-0.15, -0.1) is 0 Å². The summed E-state index contributed by atoms with van der Waals surface area (Å²) >= 11 is 6.04. The van der Waals surface area contributed by atoms with Crippen molar-refractivity contribution in [2.45, 2.75) is 19.6 Å². The number of nitrogens with zero attached hydrogens (tertiary/aromatic N) is 3. The average molecular weight is 349 g/mol. The number of hydrogen-bond acceptors (Lipinski definition) is 2. The second-order valence-corrected chi connectivity index (χ2v) is 6.22. The Morgan fingerprint density at radius 3 is 2.67 bits per heavy atom. The third-order valence-electron chi connectivity index (χ3n) is 3.68. The molecule has 1 heterocycles. The lowest BCUT2D eigenvalue weighted by atomic mass is 10.3. The summed E-state index contributed by atoms with van der Waals surface area (Å²) in [6, 6.07) is 11.8. The topological polar surface area (TPSA) is 41.8 Å². The molecule has 1 aromatic carbocycles. The van der Waals surface area contributed by atoms with Gasteiger partial charge in [0.15, 0.2) is 5.96 Å². The van der Waals surface area contributed by atoms with Gasteiger partial charge in [-0.2, -0.15) is 0 Å². The van der Waals surface area contributed by atoms with Gasteiger partial charge in [0.1, 0.15) is 11.9 Å². The minimum Gasteiger partial charge on any atom is -0.489 e. The number of aliphatic imine (C=N–C) groups is 1. The van der Waals surface area contributed by atoms with Crippen LogP contribution in [0.25, 0.3) is 0 Å². The largest absolute Gasteiger partial charge is 0.489 e. The quantitative estimate of drug-likeness (QED) is 0.644. The monoisotopic (exact) mass is 348 g/mol. The second-order valence-electron chi connectivity index (χ2n) is 5.79. The maximum atomic E-state index is 6.04. The summed E-state index contributed by atoms with van der Waals surface area (Å²) in [6.07, 6.45) is 1.93. The molecule has 0 bridgehead atoms. The molecule has 130 valence electrons. The highest BCUT2D eigenvalue weighted by atomic mass is 35.5. The number of benzene rings is 1. The van der Waals surface area contributed by atoms with Gasteiger partial charge in [0, 0.05) is 33.0 Å². The number of aryl methyl sites for hydroxylation is 1. The van der Waals surface area contributed by atoms with E-state index in [-0.39, 0.29) is 6.10 Å². The number of nitrogens with one attached hydrogen (secondary N) is 1. The molecule has 0 aliphatic rings. The van der Waals surface area contributed by atoms with E-state index in [0.717, 1.165) is 29.0 Å². The first-order valence-electron chi connectivity index (χ1n) is 7.94. The number of para-hydroxylation sites is 1. The van der Waals surface area contributed by atoms with Gasteiger partial charge in [0.25, 0.3) is 0 Å². The normalized spacial score (nSPS) is 12.8. The van der Waals surface area contributed by atoms with Crippen LogP contribution in [0.5, 0.6) is 5.75 Å². The van der Waals surface area contributed by atoms with Crippen LogP contribution in [0.2, 0.25) is 5.02 Å². The van der Waals surface area contributed by atoms with Crippen molar-refractivity contribution < 1.29 is 4.74 Å². The predicted molar refractivity (Wildman–Crippen MR) is 99.8 cm³/mol. The standard InChI is InChI=1S/C18H25ClN4O/c1-14(24-17-8-6-5-7-9-17)11-21-18(20-2)23(4)13-16-10-15(19)12-22(16)3/h5-10,12,14H,11,13H2,1-4H3,(H,20,21). The van der Waals surface area contributed by atoms with Crippen LogP contribution < -0.4 is 10.1 Å². The molecular weight excluding hydrogens is 324 g/mol. The molecule has 0 amide bonds. The summed E-state index contributed by atoms with van der Waals surface area (Å²) in [5, 5.41) is 4.09. The third kappa shape index (κ3) is 5.20. The molecule has 1 atom stereocenters. The zero-order chi connectivity index (χ0) is 17.5. The predicted octanol–water partition coefficient (Wildman–Crippen LogP) is 3.15. The van der Waals surface area contributed by atoms with Gasteiger partial charge >= 0.3 is 0 Å². The third-order valence-corrected chi connectivity index (χ3v) is 3.88. The van der Waals surface area contributed by atoms with Gasteiger partial charge in [-0.3, -0.25) is 4.99 Å². The van der Waals surface area contributed by atoms with E-state index in [4.69, 9.17) is 16.3 Å². The second kappa shape index (κ2) is 8.64. The van der Waals surface area contributed by atoms with E-state index in [1.54, 1.807) is 7.05 Å². The van der Waals surface area contributed by atoms with Crippen molar-refractivity contribution in [1.82, 2.24) is 14.8 Å². The first-order valence-corrected chi connectivity index (χ1v) is 8.31. The maximum absolute atomic E-state index is 6.04. The van der Waals surface area contributed by atoms with Crippen LogP contribution >= 0.6 is 11.6 Å². The molecule has 1 aromatic heterocycles. The number of rotatable bonds is 6. The van der Waals surface area contributed by atoms with Crippen molar-refractivity contribution >= 4 is 17.6 Å². The summed E-state index contributed by atoms with van der Waals surface area (Å²) in [6.45, 7) is 3.42. The van der Waals surface area contributed by atoms with Crippen LogP contribution in [0.1, 0.15) is 12.6 Å². The Morgan fingerprint density at radius 2 is 2.08 bits per heavy atom. The van der Waals surface area contributed by atoms with Crippen LogP contribution in [-0.2, 0) is 13.6 Å². The van der Waals surface area contributed by atoms with Gasteiger partial charge in [-0.25, -0.2) is 0 Å². The molecule has 0 saturated heterocycles. The van der Waals surface area contributed by atoms with Gasteiger partial charge in [0.05, 0.1) is 18.1 Å². The minimum atomic E-state index is 0.0297. The van der Waals surface area contributed by atoms with Crippen LogP contribution in [0, 0.1) is 0 Å². The SMILES string of the molecule is CN=C(NCC(C)Oc1ccccc1)N(C)Cc1cc(Cl)cn1C. The lowest BCUT2D eigenvalue weighted by molar-refractivity contribution is 0.222. The fourth-order valence-corrected chi connectivity index (χ4v) is 2.71. The van der Waals surface area contributed by atoms with E-state index >= 15 is 0 Å². The summed E-state index contributed by atoms with van der Waals surface area (Å²) in [5.74, 6) is 1.68. The van der Waals surface area contributed by atoms with E-state index in [2.05, 4.69) is 15.2 Å². The van der Waals surface area contributed by atoms with Crippen LogP contribution in [0.15, 0.2) is 47.6 Å². The summed E-state index contributed by atoms with van der Waals surface area (Å²) in [5.41, 5.74) is 1.12. The van der Waals surface area contributed by atoms with E-state index < -0.39 is 0 Å². The molecule has 24 heavy (non-hydrogen) atoms. The fourth-order valence-electron chi connectivity index (χ4n) is 2.43. The van der Waals surface area contributed by atoms with Crippen LogP contribution in [0.4, 0.5) is 0 Å². The maximum Gasteiger partial charge on any atom is 0.193 e. The van der Waals surface area contributed by atoms with Crippen molar-refractivity contribution in [3.63, 3.8) is 0 Å². The molecule has 1 N–H and O–H groups in total. The van der Waals surface area contributed by atoms with Gasteiger partial charge in [-0.1, -0.05) is 29.8 Å². The molecule has 0 fully saturated rings. The Kier molecular flexibility index (Phi) is 6.55. The fraction of sp³-hybridized carbons (Fsp3) is 0.389. The Labute approximate surface area is 148 Å². The highest BCUT2D eigenvalue weighted by molar-refractivity contribution is 6.30.